The fourth-order valence-corrected chi connectivity index (χ4v) is 3.34. The number of ether oxygens (including phenoxy) is 1. The van der Waals surface area contributed by atoms with Crippen molar-refractivity contribution in [1.82, 2.24) is 14.9 Å². The van der Waals surface area contributed by atoms with E-state index in [1.54, 1.807) is 19.4 Å². The average molecular weight is 388 g/mol. The Morgan fingerprint density at radius 2 is 2.10 bits per heavy atom. The Morgan fingerprint density at radius 1 is 1.24 bits per heavy atom. The smallest absolute Gasteiger partial charge is 0.267 e. The van der Waals surface area contributed by atoms with Crippen molar-refractivity contribution in [2.45, 2.75) is 6.54 Å². The molecule has 0 saturated heterocycles. The highest BCUT2D eigenvalue weighted by molar-refractivity contribution is 6.00. The minimum absolute atomic E-state index is 0.0606. The fraction of sp³-hybridized carbons (Fsp3) is 0.136. The highest BCUT2D eigenvalue weighted by Gasteiger charge is 2.18. The van der Waals surface area contributed by atoms with Crippen LogP contribution in [0.15, 0.2) is 61.4 Å². The number of aromatic nitrogens is 2. The summed E-state index contributed by atoms with van der Waals surface area (Å²) in [6.45, 7) is 4.86. The third-order valence-electron chi connectivity index (χ3n) is 4.80. The van der Waals surface area contributed by atoms with Gasteiger partial charge in [0.05, 0.1) is 18.5 Å². The third-order valence-corrected chi connectivity index (χ3v) is 4.80. The summed E-state index contributed by atoms with van der Waals surface area (Å²) < 4.78 is 7.28. The second-order valence-electron chi connectivity index (χ2n) is 6.60. The zero-order valence-corrected chi connectivity index (χ0v) is 15.9. The Morgan fingerprint density at radius 3 is 2.86 bits per heavy atom. The summed E-state index contributed by atoms with van der Waals surface area (Å²) in [5.41, 5.74) is 4.68. The van der Waals surface area contributed by atoms with Crippen LogP contribution < -0.4 is 15.4 Å². The van der Waals surface area contributed by atoms with E-state index in [-0.39, 0.29) is 11.8 Å². The number of benzene rings is 1. The van der Waals surface area contributed by atoms with E-state index in [9.17, 15) is 9.59 Å². The Labute approximate surface area is 168 Å². The number of pyridine rings is 1. The van der Waals surface area contributed by atoms with Gasteiger partial charge in [-0.25, -0.2) is 0 Å². The molecule has 2 N–H and O–H groups in total. The standard InChI is InChI=1S/C22H20N4O3/c1-3-21(27)25-18-11-15(4-5-20(18)29-2)17-10-14(6-7-23-17)16-12-19-22(28)24-8-9-26(19)13-16/h3-7,10-13H,1,8-9H2,2H3,(H,24,28)(H,25,27). The zero-order chi connectivity index (χ0) is 20.4. The largest absolute Gasteiger partial charge is 0.495 e. The predicted octanol–water partition coefficient (Wildman–Crippen LogP) is 3.09. The number of amides is 2. The van der Waals surface area contributed by atoms with Crippen molar-refractivity contribution in [3.8, 4) is 28.1 Å². The van der Waals surface area contributed by atoms with Crippen LogP contribution >= 0.6 is 0 Å². The molecular formula is C22H20N4O3. The molecular weight excluding hydrogens is 368 g/mol. The van der Waals surface area contributed by atoms with Crippen molar-refractivity contribution in [3.05, 3.63) is 67.1 Å². The zero-order valence-electron chi connectivity index (χ0n) is 15.9. The highest BCUT2D eigenvalue weighted by Crippen LogP contribution is 2.32. The van der Waals surface area contributed by atoms with E-state index in [0.29, 0.717) is 23.7 Å². The maximum atomic E-state index is 12.0. The molecule has 1 aliphatic rings. The molecule has 0 atom stereocenters. The number of anilines is 1. The summed E-state index contributed by atoms with van der Waals surface area (Å²) in [5.74, 6) is 0.167. The summed E-state index contributed by atoms with van der Waals surface area (Å²) in [6, 6.07) is 11.2. The summed E-state index contributed by atoms with van der Waals surface area (Å²) in [6.07, 6.45) is 4.92. The predicted molar refractivity (Wildman–Crippen MR) is 111 cm³/mol. The van der Waals surface area contributed by atoms with Gasteiger partial charge in [0.15, 0.2) is 0 Å². The molecule has 2 aromatic heterocycles. The first-order valence-corrected chi connectivity index (χ1v) is 9.15. The fourth-order valence-electron chi connectivity index (χ4n) is 3.34. The van der Waals surface area contributed by atoms with Gasteiger partial charge in [-0.1, -0.05) is 6.58 Å². The molecule has 0 unspecified atom stereocenters. The molecule has 29 heavy (non-hydrogen) atoms. The van der Waals surface area contributed by atoms with Gasteiger partial charge in [-0.15, -0.1) is 0 Å². The van der Waals surface area contributed by atoms with Crippen molar-refractivity contribution in [2.75, 3.05) is 19.0 Å². The lowest BCUT2D eigenvalue weighted by molar-refractivity contribution is -0.111. The van der Waals surface area contributed by atoms with Crippen molar-refractivity contribution in [1.29, 1.82) is 0 Å². The lowest BCUT2D eigenvalue weighted by Crippen LogP contribution is -2.34. The number of nitrogens with one attached hydrogen (secondary N) is 2. The summed E-state index contributed by atoms with van der Waals surface area (Å²) in [4.78, 5) is 28.2. The van der Waals surface area contributed by atoms with Crippen LogP contribution in [0.5, 0.6) is 5.75 Å². The maximum Gasteiger partial charge on any atom is 0.267 e. The molecule has 3 aromatic rings. The number of fused-ring (bicyclic) bond motifs is 1. The molecule has 0 radical (unpaired) electrons. The minimum atomic E-state index is -0.320. The van der Waals surface area contributed by atoms with Crippen molar-refractivity contribution in [2.24, 2.45) is 0 Å². The Bertz CT molecular complexity index is 1120. The number of carbonyl (C=O) groups is 2. The normalized spacial score (nSPS) is 12.7. The first-order chi connectivity index (χ1) is 14.1. The average Bonchev–Trinajstić information content (AvgIpc) is 3.19. The van der Waals surface area contributed by atoms with Crippen LogP contribution in [-0.2, 0) is 11.3 Å². The van der Waals surface area contributed by atoms with Crippen LogP contribution in [0.1, 0.15) is 10.5 Å². The Balaban J connectivity index is 1.71. The molecule has 1 aromatic carbocycles. The quantitative estimate of drug-likeness (QED) is 0.658. The molecule has 1 aliphatic heterocycles. The van der Waals surface area contributed by atoms with E-state index in [1.165, 1.54) is 6.08 Å². The van der Waals surface area contributed by atoms with E-state index in [1.807, 2.05) is 41.1 Å². The van der Waals surface area contributed by atoms with Gasteiger partial charge in [-0.3, -0.25) is 14.6 Å². The summed E-state index contributed by atoms with van der Waals surface area (Å²) >= 11 is 0. The van der Waals surface area contributed by atoms with E-state index in [2.05, 4.69) is 22.2 Å². The second-order valence-corrected chi connectivity index (χ2v) is 6.60. The third kappa shape index (κ3) is 3.62. The molecule has 3 heterocycles. The summed E-state index contributed by atoms with van der Waals surface area (Å²) in [5, 5.41) is 5.60. The molecule has 2 amide bonds. The highest BCUT2D eigenvalue weighted by atomic mass is 16.5. The van der Waals surface area contributed by atoms with Gasteiger partial charge in [-0.2, -0.15) is 0 Å². The molecule has 7 heteroatoms. The van der Waals surface area contributed by atoms with E-state index in [0.717, 1.165) is 28.9 Å². The van der Waals surface area contributed by atoms with Crippen LogP contribution in [0.4, 0.5) is 5.69 Å². The molecule has 4 rings (SSSR count). The molecule has 0 spiro atoms. The van der Waals surface area contributed by atoms with Crippen LogP contribution in [0.2, 0.25) is 0 Å². The monoisotopic (exact) mass is 388 g/mol. The topological polar surface area (TPSA) is 85.3 Å². The van der Waals surface area contributed by atoms with E-state index in [4.69, 9.17) is 4.74 Å². The van der Waals surface area contributed by atoms with Crippen molar-refractivity contribution >= 4 is 17.5 Å². The molecule has 146 valence electrons. The minimum Gasteiger partial charge on any atom is -0.495 e. The van der Waals surface area contributed by atoms with Crippen molar-refractivity contribution in [3.63, 3.8) is 0 Å². The van der Waals surface area contributed by atoms with Crippen LogP contribution in [0, 0.1) is 0 Å². The van der Waals surface area contributed by atoms with Gasteiger partial charge in [0, 0.05) is 36.6 Å². The van der Waals surface area contributed by atoms with Gasteiger partial charge in [0.25, 0.3) is 5.91 Å². The molecule has 0 bridgehead atoms. The van der Waals surface area contributed by atoms with Gasteiger partial charge in [0.2, 0.25) is 5.91 Å². The lowest BCUT2D eigenvalue weighted by atomic mass is 10.0. The van der Waals surface area contributed by atoms with Gasteiger partial charge in [0.1, 0.15) is 11.4 Å². The van der Waals surface area contributed by atoms with Crippen LogP contribution in [0.25, 0.3) is 22.4 Å². The van der Waals surface area contributed by atoms with E-state index < -0.39 is 0 Å². The van der Waals surface area contributed by atoms with Gasteiger partial charge in [-0.05, 0) is 48.0 Å². The molecule has 0 fully saturated rings. The van der Waals surface area contributed by atoms with Crippen LogP contribution in [-0.4, -0.2) is 35.0 Å². The molecule has 0 saturated carbocycles. The number of methoxy groups -OCH3 is 1. The Kier molecular flexibility index (Phi) is 4.87. The first kappa shape index (κ1) is 18.5. The van der Waals surface area contributed by atoms with E-state index >= 15 is 0 Å². The van der Waals surface area contributed by atoms with Crippen molar-refractivity contribution < 1.29 is 14.3 Å². The number of rotatable bonds is 5. The van der Waals surface area contributed by atoms with Gasteiger partial charge >= 0.3 is 0 Å². The maximum absolute atomic E-state index is 12.0. The lowest BCUT2D eigenvalue weighted by Gasteiger charge is -2.14. The first-order valence-electron chi connectivity index (χ1n) is 9.15. The SMILES string of the molecule is C=CC(=O)Nc1cc(-c2cc(-c3cc4n(c3)CCNC4=O)ccn2)ccc1OC. The molecule has 0 aliphatic carbocycles. The number of hydrogen-bond acceptors (Lipinski definition) is 4. The number of hydrogen-bond donors (Lipinski definition) is 2. The van der Waals surface area contributed by atoms with Crippen LogP contribution in [0.3, 0.4) is 0 Å². The Hall–Kier alpha value is -3.87. The number of carbonyl (C=O) groups excluding carboxylic acids is 2. The second kappa shape index (κ2) is 7.63. The summed E-state index contributed by atoms with van der Waals surface area (Å²) in [7, 11) is 1.54. The number of nitrogens with zero attached hydrogens (tertiary/aromatic N) is 2. The molecule has 7 nitrogen and oxygen atoms in total. The van der Waals surface area contributed by atoms with Gasteiger partial charge < -0.3 is 19.9 Å².